The summed E-state index contributed by atoms with van der Waals surface area (Å²) in [7, 11) is 0. The monoisotopic (exact) mass is 201 g/mol. The van der Waals surface area contributed by atoms with Crippen LogP contribution in [0.25, 0.3) is 0 Å². The molecule has 1 aromatic rings. The third-order valence-corrected chi connectivity index (χ3v) is 1.87. The Morgan fingerprint density at radius 3 is 2.50 bits per heavy atom. The van der Waals surface area contributed by atoms with Crippen LogP contribution in [0.2, 0.25) is 0 Å². The highest BCUT2D eigenvalue weighted by Crippen LogP contribution is 2.26. The van der Waals surface area contributed by atoms with E-state index in [1.165, 1.54) is 6.07 Å². The van der Waals surface area contributed by atoms with Crippen LogP contribution in [-0.2, 0) is 0 Å². The molecule has 0 aliphatic carbocycles. The Kier molecular flexibility index (Phi) is 3.41. The normalized spacial score (nSPS) is 13.0. The smallest absolute Gasteiger partial charge is 0.387 e. The zero-order chi connectivity index (χ0) is 10.7. The van der Waals surface area contributed by atoms with Crippen LogP contribution >= 0.6 is 0 Å². The van der Waals surface area contributed by atoms with Crippen LogP contribution in [0.1, 0.15) is 24.1 Å². The van der Waals surface area contributed by atoms with E-state index in [9.17, 15) is 8.78 Å². The number of halogens is 2. The van der Waals surface area contributed by atoms with Crippen LogP contribution < -0.4 is 10.5 Å². The second kappa shape index (κ2) is 4.37. The number of hydrogen-bond donors (Lipinski definition) is 1. The quantitative estimate of drug-likeness (QED) is 0.815. The molecule has 0 amide bonds. The van der Waals surface area contributed by atoms with Crippen molar-refractivity contribution in [3.63, 3.8) is 0 Å². The van der Waals surface area contributed by atoms with Gasteiger partial charge in [0.15, 0.2) is 0 Å². The molecule has 0 saturated heterocycles. The topological polar surface area (TPSA) is 35.2 Å². The molecule has 0 unspecified atom stereocenters. The van der Waals surface area contributed by atoms with Gasteiger partial charge in [-0.05, 0) is 19.9 Å². The molecule has 0 saturated carbocycles. The minimum Gasteiger partial charge on any atom is -0.434 e. The van der Waals surface area contributed by atoms with Crippen molar-refractivity contribution in [1.82, 2.24) is 0 Å². The molecule has 1 aromatic carbocycles. The summed E-state index contributed by atoms with van der Waals surface area (Å²) in [6.07, 6.45) is 0. The molecule has 1 atom stereocenters. The van der Waals surface area contributed by atoms with Gasteiger partial charge in [0.1, 0.15) is 5.75 Å². The first kappa shape index (κ1) is 10.9. The summed E-state index contributed by atoms with van der Waals surface area (Å²) in [5, 5.41) is 0. The van der Waals surface area contributed by atoms with E-state index in [0.717, 1.165) is 5.56 Å². The van der Waals surface area contributed by atoms with Gasteiger partial charge in [0.2, 0.25) is 0 Å². The summed E-state index contributed by atoms with van der Waals surface area (Å²) in [6.45, 7) is 0.792. The summed E-state index contributed by atoms with van der Waals surface area (Å²) in [5.41, 5.74) is 7.21. The molecule has 2 N–H and O–H groups in total. The van der Waals surface area contributed by atoms with Crippen molar-refractivity contribution in [2.45, 2.75) is 26.5 Å². The molecule has 0 aliphatic rings. The van der Waals surface area contributed by atoms with Gasteiger partial charge in [-0.1, -0.05) is 17.7 Å². The molecule has 4 heteroatoms. The van der Waals surface area contributed by atoms with Gasteiger partial charge in [0.25, 0.3) is 0 Å². The van der Waals surface area contributed by atoms with E-state index >= 15 is 0 Å². The molecular weight excluding hydrogens is 188 g/mol. The molecule has 14 heavy (non-hydrogen) atoms. The van der Waals surface area contributed by atoms with E-state index in [4.69, 9.17) is 5.73 Å². The Labute approximate surface area is 81.7 Å². The first-order valence-electron chi connectivity index (χ1n) is 4.31. The summed E-state index contributed by atoms with van der Waals surface area (Å²) >= 11 is 0. The average Bonchev–Trinajstić information content (AvgIpc) is 2.07. The first-order valence-corrected chi connectivity index (χ1v) is 4.31. The van der Waals surface area contributed by atoms with E-state index in [1.807, 2.05) is 6.92 Å². The van der Waals surface area contributed by atoms with Crippen LogP contribution in [-0.4, -0.2) is 6.61 Å². The van der Waals surface area contributed by atoms with Crippen LogP contribution in [0.3, 0.4) is 0 Å². The molecular formula is C10H13F2NO. The maximum absolute atomic E-state index is 12.0. The summed E-state index contributed by atoms with van der Waals surface area (Å²) < 4.78 is 28.4. The summed E-state index contributed by atoms with van der Waals surface area (Å²) in [4.78, 5) is 0. The van der Waals surface area contributed by atoms with E-state index < -0.39 is 6.61 Å². The van der Waals surface area contributed by atoms with Gasteiger partial charge in [-0.3, -0.25) is 0 Å². The Morgan fingerprint density at radius 2 is 2.00 bits per heavy atom. The molecule has 0 bridgehead atoms. The first-order chi connectivity index (χ1) is 6.50. The molecule has 0 aliphatic heterocycles. The fourth-order valence-corrected chi connectivity index (χ4v) is 1.23. The third kappa shape index (κ3) is 2.67. The van der Waals surface area contributed by atoms with Crippen LogP contribution in [0.4, 0.5) is 8.78 Å². The SMILES string of the molecule is Cc1ccc(OC(F)F)c([C@H](C)N)c1. The highest BCUT2D eigenvalue weighted by Gasteiger charge is 2.12. The lowest BCUT2D eigenvalue weighted by Gasteiger charge is -2.13. The van der Waals surface area contributed by atoms with Crippen molar-refractivity contribution in [2.75, 3.05) is 0 Å². The third-order valence-electron chi connectivity index (χ3n) is 1.87. The molecule has 0 radical (unpaired) electrons. The largest absolute Gasteiger partial charge is 0.434 e. The predicted octanol–water partition coefficient (Wildman–Crippen LogP) is 2.62. The fourth-order valence-electron chi connectivity index (χ4n) is 1.23. The van der Waals surface area contributed by atoms with Crippen LogP contribution in [0.15, 0.2) is 18.2 Å². The minimum absolute atomic E-state index is 0.153. The van der Waals surface area contributed by atoms with Crippen molar-refractivity contribution in [3.8, 4) is 5.75 Å². The lowest BCUT2D eigenvalue weighted by Crippen LogP contribution is -2.10. The number of benzene rings is 1. The Balaban J connectivity index is 3.02. The highest BCUT2D eigenvalue weighted by atomic mass is 19.3. The van der Waals surface area contributed by atoms with Gasteiger partial charge in [0, 0.05) is 11.6 Å². The average molecular weight is 201 g/mol. The maximum Gasteiger partial charge on any atom is 0.387 e. The maximum atomic E-state index is 12.0. The van der Waals surface area contributed by atoms with Gasteiger partial charge in [-0.15, -0.1) is 0 Å². The van der Waals surface area contributed by atoms with Gasteiger partial charge in [-0.25, -0.2) is 0 Å². The van der Waals surface area contributed by atoms with Gasteiger partial charge < -0.3 is 10.5 Å². The second-order valence-corrected chi connectivity index (χ2v) is 3.21. The van der Waals surface area contributed by atoms with Crippen LogP contribution in [0.5, 0.6) is 5.75 Å². The summed E-state index contributed by atoms with van der Waals surface area (Å²) in [5.74, 6) is 0.153. The second-order valence-electron chi connectivity index (χ2n) is 3.21. The molecule has 2 nitrogen and oxygen atoms in total. The molecule has 0 fully saturated rings. The lowest BCUT2D eigenvalue weighted by molar-refractivity contribution is -0.0505. The van der Waals surface area contributed by atoms with Crippen molar-refractivity contribution in [1.29, 1.82) is 0 Å². The van der Waals surface area contributed by atoms with Crippen molar-refractivity contribution < 1.29 is 13.5 Å². The predicted molar refractivity (Wildman–Crippen MR) is 50.4 cm³/mol. The van der Waals surface area contributed by atoms with Gasteiger partial charge in [-0.2, -0.15) is 8.78 Å². The van der Waals surface area contributed by atoms with E-state index in [0.29, 0.717) is 5.56 Å². The Morgan fingerprint density at radius 1 is 1.36 bits per heavy atom. The zero-order valence-corrected chi connectivity index (χ0v) is 8.13. The van der Waals surface area contributed by atoms with Crippen molar-refractivity contribution >= 4 is 0 Å². The number of aryl methyl sites for hydroxylation is 1. The Hall–Kier alpha value is -1.16. The van der Waals surface area contributed by atoms with Gasteiger partial charge in [0.05, 0.1) is 0 Å². The number of alkyl halides is 2. The standard InChI is InChI=1S/C10H13F2NO/c1-6-3-4-9(14-10(11)12)8(5-6)7(2)13/h3-5,7,10H,13H2,1-2H3/t7-/m0/s1. The number of hydrogen-bond acceptors (Lipinski definition) is 2. The van der Waals surface area contributed by atoms with E-state index in [1.54, 1.807) is 19.1 Å². The molecule has 1 rings (SSSR count). The summed E-state index contributed by atoms with van der Waals surface area (Å²) in [6, 6.07) is 4.66. The molecule has 78 valence electrons. The molecule has 0 aromatic heterocycles. The number of rotatable bonds is 3. The van der Waals surface area contributed by atoms with Crippen LogP contribution in [0, 0.1) is 6.92 Å². The highest BCUT2D eigenvalue weighted by molar-refractivity contribution is 5.38. The lowest BCUT2D eigenvalue weighted by atomic mass is 10.1. The molecule has 0 spiro atoms. The zero-order valence-electron chi connectivity index (χ0n) is 8.13. The fraction of sp³-hybridized carbons (Fsp3) is 0.400. The van der Waals surface area contributed by atoms with E-state index in [2.05, 4.69) is 4.74 Å². The van der Waals surface area contributed by atoms with Crippen molar-refractivity contribution in [2.24, 2.45) is 5.73 Å². The van der Waals surface area contributed by atoms with Crippen molar-refractivity contribution in [3.05, 3.63) is 29.3 Å². The number of nitrogens with two attached hydrogens (primary N) is 1. The molecule has 0 heterocycles. The Bertz CT molecular complexity index is 313. The minimum atomic E-state index is -2.81. The van der Waals surface area contributed by atoms with E-state index in [-0.39, 0.29) is 11.8 Å². The number of ether oxygens (including phenoxy) is 1. The van der Waals surface area contributed by atoms with Gasteiger partial charge >= 0.3 is 6.61 Å².